The maximum atomic E-state index is 11.5. The van der Waals surface area contributed by atoms with Crippen molar-refractivity contribution in [3.8, 4) is 0 Å². The number of carbonyl (C=O) groups excluding carboxylic acids is 1. The van der Waals surface area contributed by atoms with Crippen molar-refractivity contribution in [2.24, 2.45) is 5.73 Å². The third-order valence-electron chi connectivity index (χ3n) is 2.39. The fourth-order valence-electron chi connectivity index (χ4n) is 1.38. The van der Waals surface area contributed by atoms with Crippen LogP contribution < -0.4 is 5.73 Å². The van der Waals surface area contributed by atoms with Crippen molar-refractivity contribution in [3.05, 3.63) is 42.0 Å². The van der Waals surface area contributed by atoms with Crippen LogP contribution in [0.1, 0.15) is 18.4 Å². The Labute approximate surface area is 106 Å². The molecule has 1 atom stereocenters. The van der Waals surface area contributed by atoms with Gasteiger partial charge in [0.1, 0.15) is 0 Å². The van der Waals surface area contributed by atoms with Crippen LogP contribution in [0.25, 0.3) is 6.08 Å². The molecule has 0 radical (unpaired) electrons. The molecule has 1 aromatic rings. The Morgan fingerprint density at radius 1 is 1.39 bits per heavy atom. The van der Waals surface area contributed by atoms with Gasteiger partial charge < -0.3 is 10.8 Å². The quantitative estimate of drug-likeness (QED) is 0.304. The summed E-state index contributed by atoms with van der Waals surface area (Å²) in [6.45, 7) is 0.402. The first-order valence-corrected chi connectivity index (χ1v) is 5.78. The average Bonchev–Trinajstić information content (AvgIpc) is 2.42. The molecule has 1 unspecified atom stereocenters. The largest absolute Gasteiger partial charge is 0.371 e. The van der Waals surface area contributed by atoms with E-state index in [9.17, 15) is 15.1 Å². The second-order valence-corrected chi connectivity index (χ2v) is 3.84. The minimum Gasteiger partial charge on any atom is -0.371 e. The second-order valence-electron chi connectivity index (χ2n) is 3.84. The number of carbonyl (C=O) groups is 1. The number of nitrogens with zero attached hydrogens (tertiary/aromatic N) is 1. The van der Waals surface area contributed by atoms with Crippen LogP contribution in [0.3, 0.4) is 0 Å². The van der Waals surface area contributed by atoms with Gasteiger partial charge in [-0.25, -0.2) is 0 Å². The Morgan fingerprint density at radius 2 is 2.06 bits per heavy atom. The van der Waals surface area contributed by atoms with Gasteiger partial charge in [0.25, 0.3) is 5.91 Å². The van der Waals surface area contributed by atoms with E-state index in [1.54, 1.807) is 6.08 Å². The molecule has 1 rings (SSSR count). The molecular weight excluding hydrogens is 232 g/mol. The molecule has 0 aromatic heterocycles. The Kier molecular flexibility index (Phi) is 6.07. The summed E-state index contributed by atoms with van der Waals surface area (Å²) in [5.41, 5.74) is 6.12. The minimum absolute atomic E-state index is 0.248. The summed E-state index contributed by atoms with van der Waals surface area (Å²) in [7, 11) is 0. The molecule has 0 aliphatic heterocycles. The maximum Gasteiger partial charge on any atom is 0.272 e. The van der Waals surface area contributed by atoms with Crippen LogP contribution >= 0.6 is 0 Å². The average molecular weight is 250 g/mol. The molecule has 98 valence electrons. The van der Waals surface area contributed by atoms with Gasteiger partial charge in [-0.05, 0) is 31.0 Å². The molecule has 0 saturated heterocycles. The molecule has 5 heteroatoms. The zero-order valence-electron chi connectivity index (χ0n) is 10.1. The lowest BCUT2D eigenvalue weighted by Gasteiger charge is -2.19. The summed E-state index contributed by atoms with van der Waals surface area (Å²) in [6, 6.07) is 9.22. The van der Waals surface area contributed by atoms with Gasteiger partial charge in [0, 0.05) is 6.08 Å². The molecule has 0 fully saturated rings. The molecule has 1 amide bonds. The van der Waals surface area contributed by atoms with E-state index in [-0.39, 0.29) is 6.42 Å². The third kappa shape index (κ3) is 4.67. The first-order chi connectivity index (χ1) is 8.65. The minimum atomic E-state index is -1.22. The lowest BCUT2D eigenvalue weighted by Crippen LogP contribution is -2.36. The molecule has 1 aromatic carbocycles. The van der Waals surface area contributed by atoms with Gasteiger partial charge in [-0.3, -0.25) is 10.0 Å². The number of hydrogen-bond donors (Lipinski definition) is 3. The molecule has 0 aliphatic rings. The first-order valence-electron chi connectivity index (χ1n) is 5.78. The summed E-state index contributed by atoms with van der Waals surface area (Å²) < 4.78 is 0. The van der Waals surface area contributed by atoms with Gasteiger partial charge in [-0.2, -0.15) is 5.06 Å². The second kappa shape index (κ2) is 7.60. The maximum absolute atomic E-state index is 11.5. The van der Waals surface area contributed by atoms with Crippen LogP contribution in [0.2, 0.25) is 0 Å². The molecule has 0 bridgehead atoms. The predicted octanol–water partition coefficient (Wildman–Crippen LogP) is 0.975. The summed E-state index contributed by atoms with van der Waals surface area (Å²) in [6.07, 6.45) is 2.34. The third-order valence-corrected chi connectivity index (χ3v) is 2.39. The van der Waals surface area contributed by atoms with Crippen molar-refractivity contribution in [1.82, 2.24) is 5.06 Å². The van der Waals surface area contributed by atoms with Gasteiger partial charge in [0.2, 0.25) is 0 Å². The van der Waals surface area contributed by atoms with E-state index in [1.165, 1.54) is 6.08 Å². The predicted molar refractivity (Wildman–Crippen MR) is 68.4 cm³/mol. The first kappa shape index (κ1) is 14.4. The number of aliphatic hydroxyl groups excluding tert-OH is 1. The number of aliphatic hydroxyl groups is 1. The van der Waals surface area contributed by atoms with Crippen molar-refractivity contribution < 1.29 is 15.1 Å². The molecular formula is C13H18N2O3. The Balaban J connectivity index is 2.52. The lowest BCUT2D eigenvalue weighted by molar-refractivity contribution is -0.201. The number of hydroxylamine groups is 2. The smallest absolute Gasteiger partial charge is 0.272 e. The highest BCUT2D eigenvalue weighted by atomic mass is 16.5. The van der Waals surface area contributed by atoms with E-state index in [2.05, 4.69) is 0 Å². The van der Waals surface area contributed by atoms with Crippen LogP contribution in [-0.4, -0.2) is 34.1 Å². The lowest BCUT2D eigenvalue weighted by atomic mass is 10.2. The molecule has 18 heavy (non-hydrogen) atoms. The van der Waals surface area contributed by atoms with Gasteiger partial charge in [0.05, 0.1) is 0 Å². The summed E-state index contributed by atoms with van der Waals surface area (Å²) in [5, 5.41) is 19.2. The number of benzene rings is 1. The fourth-order valence-corrected chi connectivity index (χ4v) is 1.38. The summed E-state index contributed by atoms with van der Waals surface area (Å²) >= 11 is 0. The molecule has 5 nitrogen and oxygen atoms in total. The number of amides is 1. The highest BCUT2D eigenvalue weighted by Crippen LogP contribution is 2.05. The van der Waals surface area contributed by atoms with Crippen molar-refractivity contribution >= 4 is 12.0 Å². The normalized spacial score (nSPS) is 12.6. The van der Waals surface area contributed by atoms with Crippen molar-refractivity contribution in [2.75, 3.05) is 6.54 Å². The van der Waals surface area contributed by atoms with E-state index in [4.69, 9.17) is 5.73 Å². The molecule has 0 aliphatic carbocycles. The summed E-state index contributed by atoms with van der Waals surface area (Å²) in [5.74, 6) is -0.664. The fraction of sp³-hybridized carbons (Fsp3) is 0.308. The van der Waals surface area contributed by atoms with E-state index in [0.717, 1.165) is 5.56 Å². The van der Waals surface area contributed by atoms with E-state index < -0.39 is 12.1 Å². The van der Waals surface area contributed by atoms with E-state index >= 15 is 0 Å². The Hall–Kier alpha value is -1.69. The van der Waals surface area contributed by atoms with Gasteiger partial charge in [-0.1, -0.05) is 30.3 Å². The van der Waals surface area contributed by atoms with Crippen molar-refractivity contribution in [3.63, 3.8) is 0 Å². The summed E-state index contributed by atoms with van der Waals surface area (Å²) in [4.78, 5) is 11.5. The number of nitrogens with two attached hydrogens (primary N) is 1. The van der Waals surface area contributed by atoms with Crippen molar-refractivity contribution in [2.45, 2.75) is 19.1 Å². The number of rotatable bonds is 6. The van der Waals surface area contributed by atoms with Crippen LogP contribution in [0, 0.1) is 0 Å². The molecule has 0 heterocycles. The van der Waals surface area contributed by atoms with Gasteiger partial charge >= 0.3 is 0 Å². The highest BCUT2D eigenvalue weighted by Gasteiger charge is 2.16. The van der Waals surface area contributed by atoms with Crippen LogP contribution in [0.5, 0.6) is 0 Å². The number of hydrogen-bond acceptors (Lipinski definition) is 4. The highest BCUT2D eigenvalue weighted by molar-refractivity contribution is 5.91. The van der Waals surface area contributed by atoms with E-state index in [1.807, 2.05) is 30.3 Å². The molecule has 0 saturated carbocycles. The van der Waals surface area contributed by atoms with E-state index in [0.29, 0.717) is 18.0 Å². The SMILES string of the molecule is NCCCC(O)N(O)C(=O)C=Cc1ccccc1. The van der Waals surface area contributed by atoms with Crippen LogP contribution in [-0.2, 0) is 4.79 Å². The zero-order chi connectivity index (χ0) is 13.4. The standard InChI is InChI=1S/C13H18N2O3/c14-10-4-7-12(16)15(18)13(17)9-8-11-5-2-1-3-6-11/h1-3,5-6,8-9,12,16,18H,4,7,10,14H2. The topological polar surface area (TPSA) is 86.8 Å². The van der Waals surface area contributed by atoms with Crippen molar-refractivity contribution in [1.29, 1.82) is 0 Å². The van der Waals surface area contributed by atoms with Gasteiger partial charge in [-0.15, -0.1) is 0 Å². The Morgan fingerprint density at radius 3 is 2.67 bits per heavy atom. The monoisotopic (exact) mass is 250 g/mol. The molecule has 4 N–H and O–H groups in total. The van der Waals surface area contributed by atoms with Crippen LogP contribution in [0.15, 0.2) is 36.4 Å². The zero-order valence-corrected chi connectivity index (χ0v) is 10.1. The molecule has 0 spiro atoms. The van der Waals surface area contributed by atoms with Crippen LogP contribution in [0.4, 0.5) is 0 Å². The Bertz CT molecular complexity index is 392. The van der Waals surface area contributed by atoms with Gasteiger partial charge in [0.15, 0.2) is 6.23 Å².